The molecular weight excluding hydrogens is 144 g/mol. The van der Waals surface area contributed by atoms with Crippen molar-refractivity contribution in [3.05, 3.63) is 33.6 Å². The van der Waals surface area contributed by atoms with Gasteiger partial charge in [0.15, 0.2) is 0 Å². The third-order valence-electron chi connectivity index (χ3n) is 1.38. The van der Waals surface area contributed by atoms with Crippen molar-refractivity contribution >= 4 is 11.4 Å². The molecule has 4 nitrogen and oxygen atoms in total. The fourth-order valence-corrected chi connectivity index (χ4v) is 0.799. The number of aryl methyl sites for hydroxylation is 1. The van der Waals surface area contributed by atoms with E-state index in [0.717, 1.165) is 0 Å². The van der Waals surface area contributed by atoms with Gasteiger partial charge in [0.1, 0.15) is 11.4 Å². The first kappa shape index (κ1) is 7.53. The lowest BCUT2D eigenvalue weighted by atomic mass is 10.2. The lowest BCUT2D eigenvalue weighted by Crippen LogP contribution is -1.71. The number of nitroso groups, excluding NO2 is 2. The van der Waals surface area contributed by atoms with Gasteiger partial charge in [-0.25, -0.2) is 0 Å². The van der Waals surface area contributed by atoms with E-state index in [-0.39, 0.29) is 0 Å². The highest BCUT2D eigenvalue weighted by Crippen LogP contribution is 2.23. The van der Waals surface area contributed by atoms with Crippen molar-refractivity contribution in [2.75, 3.05) is 0 Å². The molecule has 4 heteroatoms. The minimum atomic E-state index is 0.315. The summed E-state index contributed by atoms with van der Waals surface area (Å²) in [4.78, 5) is 20.1. The average Bonchev–Trinajstić information content (AvgIpc) is 2.04. The quantitative estimate of drug-likeness (QED) is 0.608. The van der Waals surface area contributed by atoms with Gasteiger partial charge in [0.05, 0.1) is 0 Å². The van der Waals surface area contributed by atoms with Gasteiger partial charge in [-0.15, -0.1) is 9.81 Å². The first-order chi connectivity index (χ1) is 5.27. The summed E-state index contributed by atoms with van der Waals surface area (Å²) in [7, 11) is 0. The molecule has 0 fully saturated rings. The molecule has 0 spiro atoms. The molecule has 0 bridgehead atoms. The van der Waals surface area contributed by atoms with Gasteiger partial charge in [0, 0.05) is 0 Å². The van der Waals surface area contributed by atoms with Gasteiger partial charge in [0.2, 0.25) is 0 Å². The van der Waals surface area contributed by atoms with Crippen LogP contribution in [0.3, 0.4) is 0 Å². The second-order valence-electron chi connectivity index (χ2n) is 2.15. The first-order valence-corrected chi connectivity index (χ1v) is 3.05. The molecule has 0 heterocycles. The molecule has 1 aromatic carbocycles. The normalized spacial score (nSPS) is 9.18. The Balaban J connectivity index is 3.18. The largest absolute Gasteiger partial charge is 0.145 e. The predicted octanol–water partition coefficient (Wildman–Crippen LogP) is 2.79. The summed E-state index contributed by atoms with van der Waals surface area (Å²) in [5, 5.41) is 5.46. The lowest BCUT2D eigenvalue weighted by molar-refractivity contribution is 1.36. The zero-order valence-electron chi connectivity index (χ0n) is 5.94. The van der Waals surface area contributed by atoms with Crippen LogP contribution in [0, 0.1) is 16.7 Å². The van der Waals surface area contributed by atoms with E-state index in [4.69, 9.17) is 0 Å². The number of hydrogen-bond donors (Lipinski definition) is 0. The molecule has 0 aliphatic heterocycles. The standard InChI is InChI=1S/C7H6N2O2/c1-5-4-6(8-10)2-3-7(5)9-11/h2-4H,1H3. The molecular formula is C7H6N2O2. The van der Waals surface area contributed by atoms with Crippen LogP contribution in [0.25, 0.3) is 0 Å². The van der Waals surface area contributed by atoms with E-state index >= 15 is 0 Å². The fourth-order valence-electron chi connectivity index (χ4n) is 0.799. The van der Waals surface area contributed by atoms with Gasteiger partial charge in [-0.1, -0.05) is 0 Å². The summed E-state index contributed by atoms with van der Waals surface area (Å²) < 4.78 is 0. The average molecular weight is 150 g/mol. The second kappa shape index (κ2) is 3.01. The van der Waals surface area contributed by atoms with E-state index < -0.39 is 0 Å². The maximum atomic E-state index is 10.1. The second-order valence-corrected chi connectivity index (χ2v) is 2.15. The summed E-state index contributed by atoms with van der Waals surface area (Å²) in [6.07, 6.45) is 0. The van der Waals surface area contributed by atoms with Crippen LogP contribution in [-0.2, 0) is 0 Å². The summed E-state index contributed by atoms with van der Waals surface area (Å²) >= 11 is 0. The Hall–Kier alpha value is -1.58. The summed E-state index contributed by atoms with van der Waals surface area (Å²) in [5.41, 5.74) is 1.32. The summed E-state index contributed by atoms with van der Waals surface area (Å²) in [5.74, 6) is 0. The Morgan fingerprint density at radius 2 is 1.91 bits per heavy atom. The van der Waals surface area contributed by atoms with Crippen LogP contribution in [0.1, 0.15) is 5.56 Å². The molecule has 0 saturated heterocycles. The van der Waals surface area contributed by atoms with Crippen LogP contribution in [0.15, 0.2) is 28.6 Å². The molecule has 11 heavy (non-hydrogen) atoms. The molecule has 0 saturated carbocycles. The van der Waals surface area contributed by atoms with Gasteiger partial charge in [-0.05, 0) is 41.0 Å². The van der Waals surface area contributed by atoms with E-state index in [2.05, 4.69) is 10.4 Å². The summed E-state index contributed by atoms with van der Waals surface area (Å²) in [6.45, 7) is 1.70. The van der Waals surface area contributed by atoms with Crippen molar-refractivity contribution in [2.45, 2.75) is 6.92 Å². The molecule has 1 rings (SSSR count). The Kier molecular flexibility index (Phi) is 2.06. The third kappa shape index (κ3) is 1.46. The topological polar surface area (TPSA) is 58.9 Å². The van der Waals surface area contributed by atoms with E-state index in [1.54, 1.807) is 6.92 Å². The Morgan fingerprint density at radius 1 is 1.18 bits per heavy atom. The van der Waals surface area contributed by atoms with Crippen molar-refractivity contribution in [3.8, 4) is 0 Å². The number of hydrogen-bond acceptors (Lipinski definition) is 4. The molecule has 0 radical (unpaired) electrons. The SMILES string of the molecule is Cc1cc(N=O)ccc1N=O. The fraction of sp³-hybridized carbons (Fsp3) is 0.143. The third-order valence-corrected chi connectivity index (χ3v) is 1.38. The highest BCUT2D eigenvalue weighted by atomic mass is 16.3. The number of nitrogens with zero attached hydrogens (tertiary/aromatic N) is 2. The number of benzene rings is 1. The molecule has 0 aromatic heterocycles. The molecule has 0 atom stereocenters. The van der Waals surface area contributed by atoms with Crippen molar-refractivity contribution < 1.29 is 0 Å². The van der Waals surface area contributed by atoms with E-state index in [1.165, 1.54) is 18.2 Å². The van der Waals surface area contributed by atoms with Crippen LogP contribution in [-0.4, -0.2) is 0 Å². The Labute approximate surface area is 63.2 Å². The van der Waals surface area contributed by atoms with E-state index in [1.807, 2.05) is 0 Å². The van der Waals surface area contributed by atoms with E-state index in [0.29, 0.717) is 16.9 Å². The molecule has 1 aromatic rings. The maximum Gasteiger partial charge on any atom is 0.111 e. The van der Waals surface area contributed by atoms with Crippen molar-refractivity contribution in [2.24, 2.45) is 10.4 Å². The van der Waals surface area contributed by atoms with Crippen LogP contribution in [0.4, 0.5) is 11.4 Å². The van der Waals surface area contributed by atoms with Crippen molar-refractivity contribution in [1.82, 2.24) is 0 Å². The van der Waals surface area contributed by atoms with Gasteiger partial charge in [-0.2, -0.15) is 0 Å². The lowest BCUT2D eigenvalue weighted by Gasteiger charge is -1.94. The molecule has 0 amide bonds. The van der Waals surface area contributed by atoms with Crippen molar-refractivity contribution in [1.29, 1.82) is 0 Å². The first-order valence-electron chi connectivity index (χ1n) is 3.05. The van der Waals surface area contributed by atoms with E-state index in [9.17, 15) is 9.81 Å². The zero-order valence-corrected chi connectivity index (χ0v) is 5.94. The minimum Gasteiger partial charge on any atom is -0.145 e. The predicted molar refractivity (Wildman–Crippen MR) is 42.1 cm³/mol. The smallest absolute Gasteiger partial charge is 0.111 e. The Bertz CT molecular complexity index is 296. The van der Waals surface area contributed by atoms with Gasteiger partial charge in [-0.3, -0.25) is 0 Å². The van der Waals surface area contributed by atoms with Crippen LogP contribution in [0.5, 0.6) is 0 Å². The van der Waals surface area contributed by atoms with Crippen molar-refractivity contribution in [3.63, 3.8) is 0 Å². The highest BCUT2D eigenvalue weighted by Gasteiger charge is 1.98. The molecule has 0 aliphatic carbocycles. The minimum absolute atomic E-state index is 0.315. The molecule has 0 unspecified atom stereocenters. The van der Waals surface area contributed by atoms with Gasteiger partial charge < -0.3 is 0 Å². The zero-order chi connectivity index (χ0) is 8.27. The van der Waals surface area contributed by atoms with Gasteiger partial charge >= 0.3 is 0 Å². The molecule has 0 aliphatic rings. The monoisotopic (exact) mass is 150 g/mol. The molecule has 56 valence electrons. The molecule has 0 N–H and O–H groups in total. The van der Waals surface area contributed by atoms with Crippen LogP contribution >= 0.6 is 0 Å². The summed E-state index contributed by atoms with van der Waals surface area (Å²) in [6, 6.07) is 4.44. The maximum absolute atomic E-state index is 10.1. The Morgan fingerprint density at radius 3 is 2.36 bits per heavy atom. The van der Waals surface area contributed by atoms with Crippen LogP contribution < -0.4 is 0 Å². The highest BCUT2D eigenvalue weighted by molar-refractivity contribution is 5.53. The van der Waals surface area contributed by atoms with Gasteiger partial charge in [0.25, 0.3) is 0 Å². The number of rotatable bonds is 2. The van der Waals surface area contributed by atoms with Crippen LogP contribution in [0.2, 0.25) is 0 Å².